The van der Waals surface area contributed by atoms with Crippen LogP contribution in [0.2, 0.25) is 5.02 Å². The molecule has 3 nitrogen and oxygen atoms in total. The highest BCUT2D eigenvalue weighted by Gasteiger charge is 2.21. The van der Waals surface area contributed by atoms with E-state index < -0.39 is 11.9 Å². The summed E-state index contributed by atoms with van der Waals surface area (Å²) in [5, 5.41) is 9.74. The molecule has 4 heteroatoms. The van der Waals surface area contributed by atoms with Crippen LogP contribution in [0.3, 0.4) is 0 Å². The average Bonchev–Trinajstić information content (AvgIpc) is 2.34. The molecule has 0 aliphatic carbocycles. The van der Waals surface area contributed by atoms with Crippen molar-refractivity contribution in [2.75, 3.05) is 7.11 Å². The van der Waals surface area contributed by atoms with E-state index in [1.807, 2.05) is 13.0 Å². The summed E-state index contributed by atoms with van der Waals surface area (Å²) in [5.41, 5.74) is 2.82. The van der Waals surface area contributed by atoms with Gasteiger partial charge < -0.3 is 9.84 Å². The highest BCUT2D eigenvalue weighted by molar-refractivity contribution is 6.31. The molecule has 0 saturated heterocycles. The standard InChI is InChI=1S/C15H21ClO3/c1-8(2)11-7-13(16)10(4)12(14(11)19-5)6-9(3)15(17)18/h7-9H,6H2,1-5H3,(H,17,18). The lowest BCUT2D eigenvalue weighted by molar-refractivity contribution is -0.141. The monoisotopic (exact) mass is 284 g/mol. The molecule has 0 spiro atoms. The van der Waals surface area contributed by atoms with Crippen LogP contribution in [0.25, 0.3) is 0 Å². The molecule has 0 fully saturated rings. The molecule has 0 bridgehead atoms. The Balaban J connectivity index is 3.38. The summed E-state index contributed by atoms with van der Waals surface area (Å²) >= 11 is 6.25. The number of hydrogen-bond acceptors (Lipinski definition) is 2. The second kappa shape index (κ2) is 6.29. The Morgan fingerprint density at radius 1 is 1.42 bits per heavy atom. The van der Waals surface area contributed by atoms with Gasteiger partial charge in [0.25, 0.3) is 0 Å². The molecule has 1 rings (SSSR count). The van der Waals surface area contributed by atoms with Crippen molar-refractivity contribution in [1.29, 1.82) is 0 Å². The number of ether oxygens (including phenoxy) is 1. The normalized spacial score (nSPS) is 12.6. The van der Waals surface area contributed by atoms with Gasteiger partial charge in [-0.1, -0.05) is 32.4 Å². The molecular formula is C15H21ClO3. The first-order valence-electron chi connectivity index (χ1n) is 6.38. The number of rotatable bonds is 5. The molecule has 106 valence electrons. The number of carboxylic acids is 1. The van der Waals surface area contributed by atoms with Crippen molar-refractivity contribution in [1.82, 2.24) is 0 Å². The molecule has 1 unspecified atom stereocenters. The van der Waals surface area contributed by atoms with Gasteiger partial charge in [0.2, 0.25) is 0 Å². The van der Waals surface area contributed by atoms with Crippen LogP contribution in [0, 0.1) is 12.8 Å². The Morgan fingerprint density at radius 3 is 2.42 bits per heavy atom. The molecule has 1 aromatic rings. The predicted octanol–water partition coefficient (Wildman–Crippen LogP) is 4.04. The van der Waals surface area contributed by atoms with Gasteiger partial charge in [-0.3, -0.25) is 4.79 Å². The zero-order valence-corrected chi connectivity index (χ0v) is 12.8. The van der Waals surface area contributed by atoms with Gasteiger partial charge in [-0.15, -0.1) is 0 Å². The molecule has 0 radical (unpaired) electrons. The summed E-state index contributed by atoms with van der Waals surface area (Å²) in [5.74, 6) is -0.240. The van der Waals surface area contributed by atoms with E-state index in [-0.39, 0.29) is 5.92 Å². The van der Waals surface area contributed by atoms with Crippen molar-refractivity contribution in [2.45, 2.75) is 40.0 Å². The molecule has 0 aliphatic heterocycles. The SMILES string of the molecule is COc1c(C(C)C)cc(Cl)c(C)c1CC(C)C(=O)O. The van der Waals surface area contributed by atoms with Gasteiger partial charge in [0.05, 0.1) is 13.0 Å². The lowest BCUT2D eigenvalue weighted by atomic mass is 9.91. The Bertz CT molecular complexity index is 481. The third kappa shape index (κ3) is 3.41. The quantitative estimate of drug-likeness (QED) is 0.887. The van der Waals surface area contributed by atoms with E-state index in [9.17, 15) is 4.79 Å². The smallest absolute Gasteiger partial charge is 0.306 e. The van der Waals surface area contributed by atoms with Crippen molar-refractivity contribution in [3.8, 4) is 5.75 Å². The summed E-state index contributed by atoms with van der Waals surface area (Å²) < 4.78 is 5.50. The maximum Gasteiger partial charge on any atom is 0.306 e. The first kappa shape index (κ1) is 15.8. The van der Waals surface area contributed by atoms with Crippen LogP contribution in [0.5, 0.6) is 5.75 Å². The zero-order valence-electron chi connectivity index (χ0n) is 12.1. The summed E-state index contributed by atoms with van der Waals surface area (Å²) in [4.78, 5) is 11.0. The fraction of sp³-hybridized carbons (Fsp3) is 0.533. The minimum absolute atomic E-state index is 0.270. The van der Waals surface area contributed by atoms with Crippen LogP contribution in [0.1, 0.15) is 43.4 Å². The Labute approximate surface area is 119 Å². The molecule has 0 heterocycles. The van der Waals surface area contributed by atoms with Gasteiger partial charge in [-0.25, -0.2) is 0 Å². The van der Waals surface area contributed by atoms with E-state index >= 15 is 0 Å². The third-order valence-corrected chi connectivity index (χ3v) is 3.78. The molecule has 1 atom stereocenters. The maximum absolute atomic E-state index is 11.0. The number of methoxy groups -OCH3 is 1. The fourth-order valence-electron chi connectivity index (χ4n) is 2.11. The molecule has 0 saturated carbocycles. The highest BCUT2D eigenvalue weighted by Crippen LogP contribution is 2.37. The van der Waals surface area contributed by atoms with Crippen molar-refractivity contribution < 1.29 is 14.6 Å². The molecule has 0 aliphatic rings. The Hall–Kier alpha value is -1.22. The minimum atomic E-state index is -0.812. The average molecular weight is 285 g/mol. The number of halogens is 1. The van der Waals surface area contributed by atoms with Crippen molar-refractivity contribution in [3.05, 3.63) is 27.8 Å². The van der Waals surface area contributed by atoms with Crippen molar-refractivity contribution >= 4 is 17.6 Å². The molecule has 0 aromatic heterocycles. The van der Waals surface area contributed by atoms with Gasteiger partial charge in [0, 0.05) is 5.02 Å². The predicted molar refractivity (Wildman–Crippen MR) is 77.3 cm³/mol. The van der Waals surface area contributed by atoms with Crippen LogP contribution in [-0.2, 0) is 11.2 Å². The van der Waals surface area contributed by atoms with Gasteiger partial charge in [-0.05, 0) is 42.0 Å². The lowest BCUT2D eigenvalue weighted by Gasteiger charge is -2.20. The van der Waals surface area contributed by atoms with E-state index in [2.05, 4.69) is 13.8 Å². The summed E-state index contributed by atoms with van der Waals surface area (Å²) in [6.07, 6.45) is 0.421. The second-order valence-electron chi connectivity index (χ2n) is 5.18. The summed E-state index contributed by atoms with van der Waals surface area (Å²) in [6.45, 7) is 7.72. The summed E-state index contributed by atoms with van der Waals surface area (Å²) in [7, 11) is 1.61. The highest BCUT2D eigenvalue weighted by atomic mass is 35.5. The van der Waals surface area contributed by atoms with Crippen LogP contribution in [-0.4, -0.2) is 18.2 Å². The van der Waals surface area contributed by atoms with Gasteiger partial charge in [0.1, 0.15) is 5.75 Å². The van der Waals surface area contributed by atoms with Crippen LogP contribution >= 0.6 is 11.6 Å². The number of aliphatic carboxylic acids is 1. The topological polar surface area (TPSA) is 46.5 Å². The van der Waals surface area contributed by atoms with Crippen LogP contribution in [0.4, 0.5) is 0 Å². The molecule has 1 aromatic carbocycles. The minimum Gasteiger partial charge on any atom is -0.496 e. The first-order chi connectivity index (χ1) is 8.79. The summed E-state index contributed by atoms with van der Waals surface area (Å²) in [6, 6.07) is 1.91. The number of benzene rings is 1. The molecule has 0 amide bonds. The van der Waals surface area contributed by atoms with E-state index in [0.29, 0.717) is 11.4 Å². The number of carbonyl (C=O) groups is 1. The van der Waals surface area contributed by atoms with Gasteiger partial charge in [0.15, 0.2) is 0 Å². The van der Waals surface area contributed by atoms with E-state index in [1.165, 1.54) is 0 Å². The molecule has 19 heavy (non-hydrogen) atoms. The second-order valence-corrected chi connectivity index (χ2v) is 5.59. The Kier molecular flexibility index (Phi) is 5.24. The van der Waals surface area contributed by atoms with E-state index in [4.69, 9.17) is 21.4 Å². The molecular weight excluding hydrogens is 264 g/mol. The third-order valence-electron chi connectivity index (χ3n) is 3.39. The Morgan fingerprint density at radius 2 is 2.00 bits per heavy atom. The number of hydrogen-bond donors (Lipinski definition) is 1. The van der Waals surface area contributed by atoms with Crippen molar-refractivity contribution in [2.24, 2.45) is 5.92 Å². The lowest BCUT2D eigenvalue weighted by Crippen LogP contribution is -2.14. The fourth-order valence-corrected chi connectivity index (χ4v) is 2.34. The van der Waals surface area contributed by atoms with Gasteiger partial charge in [-0.2, -0.15) is 0 Å². The first-order valence-corrected chi connectivity index (χ1v) is 6.76. The van der Waals surface area contributed by atoms with Gasteiger partial charge >= 0.3 is 5.97 Å². The largest absolute Gasteiger partial charge is 0.496 e. The van der Waals surface area contributed by atoms with Crippen molar-refractivity contribution in [3.63, 3.8) is 0 Å². The zero-order chi connectivity index (χ0) is 14.7. The van der Waals surface area contributed by atoms with Crippen LogP contribution < -0.4 is 4.74 Å². The van der Waals surface area contributed by atoms with E-state index in [0.717, 1.165) is 22.4 Å². The maximum atomic E-state index is 11.0. The number of carboxylic acid groups (broad SMARTS) is 1. The van der Waals surface area contributed by atoms with Crippen LogP contribution in [0.15, 0.2) is 6.07 Å². The molecule has 1 N–H and O–H groups in total. The van der Waals surface area contributed by atoms with E-state index in [1.54, 1.807) is 14.0 Å².